The quantitative estimate of drug-likeness (QED) is 0.771. The smallest absolute Gasteiger partial charge is 0.242 e. The summed E-state index contributed by atoms with van der Waals surface area (Å²) >= 11 is 0. The molecule has 0 saturated carbocycles. The maximum atomic E-state index is 13.0. The Hall–Kier alpha value is -2.21. The fraction of sp³-hybridized carbons (Fsp3) is 0.526. The number of hydrogen-bond acceptors (Lipinski definition) is 4. The minimum absolute atomic E-state index is 0.203. The molecular formula is C19H27N5O. The molecule has 0 spiro atoms. The van der Waals surface area contributed by atoms with Crippen molar-refractivity contribution in [2.75, 3.05) is 20.6 Å². The van der Waals surface area contributed by atoms with Gasteiger partial charge in [-0.2, -0.15) is 0 Å². The van der Waals surface area contributed by atoms with E-state index in [9.17, 15) is 4.79 Å². The van der Waals surface area contributed by atoms with Crippen LogP contribution in [0.5, 0.6) is 0 Å². The molecule has 0 bridgehead atoms. The number of amides is 1. The van der Waals surface area contributed by atoms with Crippen LogP contribution in [0.15, 0.2) is 36.8 Å². The zero-order valence-electron chi connectivity index (χ0n) is 15.4. The average Bonchev–Trinajstić information content (AvgIpc) is 3.01. The Morgan fingerprint density at radius 2 is 2.12 bits per heavy atom. The van der Waals surface area contributed by atoms with Gasteiger partial charge in [-0.05, 0) is 37.8 Å². The molecular weight excluding hydrogens is 314 g/mol. The fourth-order valence-electron chi connectivity index (χ4n) is 3.65. The zero-order valence-corrected chi connectivity index (χ0v) is 15.4. The summed E-state index contributed by atoms with van der Waals surface area (Å²) in [4.78, 5) is 25.8. The molecule has 2 aromatic heterocycles. The number of likely N-dealkylation sites (tertiary alicyclic amines) is 1. The summed E-state index contributed by atoms with van der Waals surface area (Å²) in [7, 11) is 5.69. The van der Waals surface area contributed by atoms with Crippen molar-refractivity contribution in [3.8, 4) is 0 Å². The minimum atomic E-state index is -0.399. The van der Waals surface area contributed by atoms with Gasteiger partial charge in [0.2, 0.25) is 5.91 Å². The SMILES string of the molecule is CN(C)C(=O)[C@]1(CCCc2ccccn2)CCN1Cc1nccn1C. The standard InChI is InChI=1S/C19H27N5O/c1-22(2)18(25)19(9-6-8-16-7-4-5-11-20-16)10-13-24(19)15-17-21-12-14-23(17)3/h4-5,7,11-12,14H,6,8-10,13,15H2,1-3H3/t19-/m0/s1. The third kappa shape index (κ3) is 3.58. The lowest BCUT2D eigenvalue weighted by Gasteiger charge is -2.52. The highest BCUT2D eigenvalue weighted by Gasteiger charge is 2.51. The van der Waals surface area contributed by atoms with Gasteiger partial charge in [-0.25, -0.2) is 4.98 Å². The van der Waals surface area contributed by atoms with Crippen molar-refractivity contribution in [3.05, 3.63) is 48.3 Å². The van der Waals surface area contributed by atoms with Gasteiger partial charge in [-0.1, -0.05) is 6.07 Å². The van der Waals surface area contributed by atoms with Gasteiger partial charge in [0.25, 0.3) is 0 Å². The van der Waals surface area contributed by atoms with Crippen LogP contribution in [-0.4, -0.2) is 56.4 Å². The molecule has 1 fully saturated rings. The molecule has 134 valence electrons. The summed E-state index contributed by atoms with van der Waals surface area (Å²) in [5.74, 6) is 1.20. The van der Waals surface area contributed by atoms with E-state index in [0.29, 0.717) is 6.54 Å². The molecule has 1 aliphatic heterocycles. The highest BCUT2D eigenvalue weighted by molar-refractivity contribution is 5.87. The molecule has 2 aromatic rings. The van der Waals surface area contributed by atoms with Crippen LogP contribution < -0.4 is 0 Å². The highest BCUT2D eigenvalue weighted by atomic mass is 16.2. The van der Waals surface area contributed by atoms with Crippen LogP contribution >= 0.6 is 0 Å². The van der Waals surface area contributed by atoms with Crippen molar-refractivity contribution in [1.82, 2.24) is 24.3 Å². The molecule has 0 N–H and O–H groups in total. The minimum Gasteiger partial charge on any atom is -0.347 e. The monoisotopic (exact) mass is 341 g/mol. The first-order valence-corrected chi connectivity index (χ1v) is 8.86. The second-order valence-electron chi connectivity index (χ2n) is 7.03. The number of imidazole rings is 1. The van der Waals surface area contributed by atoms with E-state index >= 15 is 0 Å². The van der Waals surface area contributed by atoms with E-state index in [1.54, 1.807) is 4.90 Å². The van der Waals surface area contributed by atoms with Gasteiger partial charge in [0.15, 0.2) is 0 Å². The molecule has 0 aromatic carbocycles. The molecule has 6 heteroatoms. The summed E-state index contributed by atoms with van der Waals surface area (Å²) in [5, 5.41) is 0. The summed E-state index contributed by atoms with van der Waals surface area (Å²) in [6, 6.07) is 5.99. The van der Waals surface area contributed by atoms with Crippen LogP contribution in [0.1, 0.15) is 30.8 Å². The Morgan fingerprint density at radius 3 is 2.68 bits per heavy atom. The molecule has 1 atom stereocenters. The first-order valence-electron chi connectivity index (χ1n) is 8.86. The summed E-state index contributed by atoms with van der Waals surface area (Å²) < 4.78 is 2.02. The summed E-state index contributed by atoms with van der Waals surface area (Å²) in [5.41, 5.74) is 0.689. The number of carbonyl (C=O) groups excluding carboxylic acids is 1. The molecule has 0 aliphatic carbocycles. The van der Waals surface area contributed by atoms with Crippen molar-refractivity contribution < 1.29 is 4.79 Å². The van der Waals surface area contributed by atoms with Crippen LogP contribution in [0.3, 0.4) is 0 Å². The van der Waals surface area contributed by atoms with Gasteiger partial charge >= 0.3 is 0 Å². The number of rotatable bonds is 7. The van der Waals surface area contributed by atoms with Gasteiger partial charge in [0.1, 0.15) is 11.4 Å². The molecule has 6 nitrogen and oxygen atoms in total. The topological polar surface area (TPSA) is 54.3 Å². The van der Waals surface area contributed by atoms with E-state index in [1.165, 1.54) is 0 Å². The number of likely N-dealkylation sites (N-methyl/N-ethyl adjacent to an activating group) is 1. The number of aryl methyl sites for hydroxylation is 2. The lowest BCUT2D eigenvalue weighted by molar-refractivity contribution is -0.154. The molecule has 25 heavy (non-hydrogen) atoms. The second-order valence-corrected chi connectivity index (χ2v) is 7.03. The van der Waals surface area contributed by atoms with Crippen LogP contribution in [0.2, 0.25) is 0 Å². The number of hydrogen-bond donors (Lipinski definition) is 0. The average molecular weight is 341 g/mol. The van der Waals surface area contributed by atoms with Gasteiger partial charge < -0.3 is 9.47 Å². The van der Waals surface area contributed by atoms with Crippen molar-refractivity contribution in [1.29, 1.82) is 0 Å². The summed E-state index contributed by atoms with van der Waals surface area (Å²) in [6.45, 7) is 1.66. The second kappa shape index (κ2) is 7.35. The molecule has 0 unspecified atom stereocenters. The normalized spacial score (nSPS) is 20.3. The van der Waals surface area contributed by atoms with Gasteiger partial charge in [-0.15, -0.1) is 0 Å². The predicted molar refractivity (Wildman–Crippen MR) is 96.8 cm³/mol. The maximum absolute atomic E-state index is 13.0. The Morgan fingerprint density at radius 1 is 1.28 bits per heavy atom. The van der Waals surface area contributed by atoms with Gasteiger partial charge in [-0.3, -0.25) is 14.7 Å². The van der Waals surface area contributed by atoms with Crippen LogP contribution in [-0.2, 0) is 24.8 Å². The van der Waals surface area contributed by atoms with Crippen molar-refractivity contribution in [2.24, 2.45) is 7.05 Å². The Labute approximate surface area is 149 Å². The van der Waals surface area contributed by atoms with Crippen molar-refractivity contribution in [3.63, 3.8) is 0 Å². The van der Waals surface area contributed by atoms with E-state index in [1.807, 2.05) is 62.5 Å². The van der Waals surface area contributed by atoms with Crippen LogP contribution in [0.25, 0.3) is 0 Å². The fourth-order valence-corrected chi connectivity index (χ4v) is 3.65. The molecule has 1 saturated heterocycles. The highest BCUT2D eigenvalue weighted by Crippen LogP contribution is 2.38. The molecule has 0 radical (unpaired) electrons. The van der Waals surface area contributed by atoms with Crippen LogP contribution in [0, 0.1) is 0 Å². The maximum Gasteiger partial charge on any atom is 0.242 e. The summed E-state index contributed by atoms with van der Waals surface area (Å²) in [6.07, 6.45) is 9.21. The molecule has 1 amide bonds. The third-order valence-electron chi connectivity index (χ3n) is 5.21. The largest absolute Gasteiger partial charge is 0.347 e. The van der Waals surface area contributed by atoms with E-state index in [0.717, 1.165) is 43.7 Å². The van der Waals surface area contributed by atoms with E-state index in [4.69, 9.17) is 0 Å². The molecule has 3 rings (SSSR count). The van der Waals surface area contributed by atoms with E-state index < -0.39 is 5.54 Å². The zero-order chi connectivity index (χ0) is 17.9. The Kier molecular flexibility index (Phi) is 5.18. The van der Waals surface area contributed by atoms with Gasteiger partial charge in [0.05, 0.1) is 6.54 Å². The first kappa shape index (κ1) is 17.6. The number of aromatic nitrogens is 3. The lowest BCUT2D eigenvalue weighted by Crippen LogP contribution is -2.66. The third-order valence-corrected chi connectivity index (χ3v) is 5.21. The lowest BCUT2D eigenvalue weighted by atomic mass is 9.78. The Balaban J connectivity index is 1.70. The van der Waals surface area contributed by atoms with Gasteiger partial charge in [0, 0.05) is 52.0 Å². The van der Waals surface area contributed by atoms with Crippen molar-refractivity contribution in [2.45, 2.75) is 37.8 Å². The predicted octanol–water partition coefficient (Wildman–Crippen LogP) is 1.87. The van der Waals surface area contributed by atoms with Crippen molar-refractivity contribution >= 4 is 5.91 Å². The number of pyridine rings is 1. The molecule has 1 aliphatic rings. The van der Waals surface area contributed by atoms with E-state index in [-0.39, 0.29) is 5.91 Å². The molecule has 3 heterocycles. The van der Waals surface area contributed by atoms with E-state index in [2.05, 4.69) is 14.9 Å². The van der Waals surface area contributed by atoms with Crippen LogP contribution in [0.4, 0.5) is 0 Å². The first-order chi connectivity index (χ1) is 12.0. The Bertz CT molecular complexity index is 712. The number of nitrogens with zero attached hydrogens (tertiary/aromatic N) is 5. The number of carbonyl (C=O) groups is 1.